The normalized spacial score (nSPS) is 15.9. The van der Waals surface area contributed by atoms with Gasteiger partial charge in [-0.05, 0) is 48.6 Å². The van der Waals surface area contributed by atoms with Gasteiger partial charge in [0, 0.05) is 17.3 Å². The van der Waals surface area contributed by atoms with Crippen LogP contribution in [0.1, 0.15) is 40.4 Å². The summed E-state index contributed by atoms with van der Waals surface area (Å²) >= 11 is 0. The number of amides is 1. The van der Waals surface area contributed by atoms with Gasteiger partial charge in [-0.15, -0.1) is 0 Å². The van der Waals surface area contributed by atoms with Gasteiger partial charge in [0.25, 0.3) is 5.91 Å². The third kappa shape index (κ3) is 3.28. The van der Waals surface area contributed by atoms with Crippen LogP contribution >= 0.6 is 0 Å². The number of nitrogens with zero attached hydrogens (tertiary/aromatic N) is 2. The van der Waals surface area contributed by atoms with E-state index in [1.165, 1.54) is 11.1 Å². The fourth-order valence-electron chi connectivity index (χ4n) is 3.47. The number of aromatic nitrogens is 2. The fraction of sp³-hybridized carbons (Fsp3) is 0.190. The number of rotatable bonds is 3. The van der Waals surface area contributed by atoms with E-state index in [-0.39, 0.29) is 17.9 Å². The van der Waals surface area contributed by atoms with Crippen molar-refractivity contribution in [3.05, 3.63) is 77.5 Å². The van der Waals surface area contributed by atoms with Crippen molar-refractivity contribution in [2.24, 2.45) is 0 Å². The van der Waals surface area contributed by atoms with E-state index in [2.05, 4.69) is 33.5 Å². The van der Waals surface area contributed by atoms with Crippen LogP contribution in [0.4, 0.5) is 5.95 Å². The SMILES string of the molecule is Nc1nccc(-c2ccc(C(=O)N[C@@H]3CCCc4ccccc43)cc2)n1. The van der Waals surface area contributed by atoms with Crippen molar-refractivity contribution < 1.29 is 4.79 Å². The van der Waals surface area contributed by atoms with Crippen LogP contribution < -0.4 is 11.1 Å². The average molecular weight is 344 g/mol. The molecule has 1 aliphatic rings. The van der Waals surface area contributed by atoms with Gasteiger partial charge in [0.15, 0.2) is 0 Å². The van der Waals surface area contributed by atoms with Crippen LogP contribution in [0.15, 0.2) is 60.8 Å². The Bertz CT molecular complexity index is 937. The van der Waals surface area contributed by atoms with Crippen LogP contribution in [0.5, 0.6) is 0 Å². The number of hydrogen-bond donors (Lipinski definition) is 2. The molecule has 0 bridgehead atoms. The Morgan fingerprint density at radius 3 is 2.69 bits per heavy atom. The highest BCUT2D eigenvalue weighted by atomic mass is 16.1. The number of carbonyl (C=O) groups excluding carboxylic acids is 1. The summed E-state index contributed by atoms with van der Waals surface area (Å²) in [4.78, 5) is 20.8. The molecule has 5 heteroatoms. The van der Waals surface area contributed by atoms with E-state index in [9.17, 15) is 4.79 Å². The molecule has 0 aliphatic heterocycles. The molecule has 130 valence electrons. The first kappa shape index (κ1) is 16.3. The molecule has 5 nitrogen and oxygen atoms in total. The van der Waals surface area contributed by atoms with Crippen molar-refractivity contribution >= 4 is 11.9 Å². The maximum atomic E-state index is 12.7. The number of fused-ring (bicyclic) bond motifs is 1. The lowest BCUT2D eigenvalue weighted by Gasteiger charge is -2.26. The lowest BCUT2D eigenvalue weighted by molar-refractivity contribution is 0.0933. The first-order valence-corrected chi connectivity index (χ1v) is 8.78. The molecule has 26 heavy (non-hydrogen) atoms. The maximum absolute atomic E-state index is 12.7. The van der Waals surface area contributed by atoms with Gasteiger partial charge in [-0.1, -0.05) is 36.4 Å². The van der Waals surface area contributed by atoms with Crippen LogP contribution in [0.25, 0.3) is 11.3 Å². The summed E-state index contributed by atoms with van der Waals surface area (Å²) in [7, 11) is 0. The van der Waals surface area contributed by atoms with E-state index in [1.54, 1.807) is 12.3 Å². The van der Waals surface area contributed by atoms with Gasteiger partial charge in [0.1, 0.15) is 0 Å². The predicted molar refractivity (Wildman–Crippen MR) is 101 cm³/mol. The quantitative estimate of drug-likeness (QED) is 0.761. The molecule has 2 aromatic carbocycles. The fourth-order valence-corrected chi connectivity index (χ4v) is 3.47. The molecule has 1 amide bonds. The van der Waals surface area contributed by atoms with Crippen molar-refractivity contribution in [1.29, 1.82) is 0 Å². The summed E-state index contributed by atoms with van der Waals surface area (Å²) in [6, 6.07) is 17.6. The van der Waals surface area contributed by atoms with Crippen LogP contribution in [0.3, 0.4) is 0 Å². The lowest BCUT2D eigenvalue weighted by Crippen LogP contribution is -2.30. The molecule has 1 heterocycles. The van der Waals surface area contributed by atoms with Crippen LogP contribution in [-0.2, 0) is 6.42 Å². The Morgan fingerprint density at radius 1 is 1.08 bits per heavy atom. The summed E-state index contributed by atoms with van der Waals surface area (Å²) in [5.41, 5.74) is 10.5. The number of nitrogens with two attached hydrogens (primary N) is 1. The third-order valence-electron chi connectivity index (χ3n) is 4.79. The van der Waals surface area contributed by atoms with Gasteiger partial charge in [-0.3, -0.25) is 4.79 Å². The highest BCUT2D eigenvalue weighted by molar-refractivity contribution is 5.95. The third-order valence-corrected chi connectivity index (χ3v) is 4.79. The second-order valence-corrected chi connectivity index (χ2v) is 6.49. The minimum atomic E-state index is -0.0551. The first-order chi connectivity index (χ1) is 12.7. The maximum Gasteiger partial charge on any atom is 0.251 e. The minimum Gasteiger partial charge on any atom is -0.368 e. The van der Waals surface area contributed by atoms with Gasteiger partial charge in [0.05, 0.1) is 11.7 Å². The Hall–Kier alpha value is -3.21. The smallest absolute Gasteiger partial charge is 0.251 e. The number of nitrogen functional groups attached to an aromatic ring is 1. The number of aryl methyl sites for hydroxylation is 1. The summed E-state index contributed by atoms with van der Waals surface area (Å²) in [6.45, 7) is 0. The zero-order valence-corrected chi connectivity index (χ0v) is 14.4. The second-order valence-electron chi connectivity index (χ2n) is 6.49. The number of nitrogens with one attached hydrogen (secondary N) is 1. The molecule has 0 saturated carbocycles. The highest BCUT2D eigenvalue weighted by Crippen LogP contribution is 2.29. The van der Waals surface area contributed by atoms with E-state index in [0.29, 0.717) is 5.56 Å². The molecule has 0 spiro atoms. The van der Waals surface area contributed by atoms with Gasteiger partial charge in [0.2, 0.25) is 5.95 Å². The summed E-state index contributed by atoms with van der Waals surface area (Å²) < 4.78 is 0. The summed E-state index contributed by atoms with van der Waals surface area (Å²) in [5.74, 6) is 0.181. The minimum absolute atomic E-state index is 0.0551. The van der Waals surface area contributed by atoms with Crippen LogP contribution in [0.2, 0.25) is 0 Å². The van der Waals surface area contributed by atoms with Crippen molar-refractivity contribution in [3.8, 4) is 11.3 Å². The van der Waals surface area contributed by atoms with Crippen molar-refractivity contribution in [2.45, 2.75) is 25.3 Å². The van der Waals surface area contributed by atoms with E-state index in [4.69, 9.17) is 5.73 Å². The molecule has 1 atom stereocenters. The van der Waals surface area contributed by atoms with E-state index in [1.807, 2.05) is 30.3 Å². The Labute approximate surface area is 152 Å². The largest absolute Gasteiger partial charge is 0.368 e. The molecular formula is C21H20N4O. The Morgan fingerprint density at radius 2 is 1.88 bits per heavy atom. The number of anilines is 1. The molecule has 3 N–H and O–H groups in total. The van der Waals surface area contributed by atoms with E-state index in [0.717, 1.165) is 30.5 Å². The summed E-state index contributed by atoms with van der Waals surface area (Å²) in [5, 5.41) is 3.18. The number of carbonyl (C=O) groups is 1. The van der Waals surface area contributed by atoms with Crippen molar-refractivity contribution in [1.82, 2.24) is 15.3 Å². The Balaban J connectivity index is 1.51. The molecule has 1 aromatic heterocycles. The molecule has 3 aromatic rings. The van der Waals surface area contributed by atoms with Crippen molar-refractivity contribution in [3.63, 3.8) is 0 Å². The topological polar surface area (TPSA) is 80.9 Å². The molecule has 0 fully saturated rings. The average Bonchev–Trinajstić information content (AvgIpc) is 2.68. The van der Waals surface area contributed by atoms with Crippen molar-refractivity contribution in [2.75, 3.05) is 5.73 Å². The zero-order chi connectivity index (χ0) is 17.9. The van der Waals surface area contributed by atoms with E-state index >= 15 is 0 Å². The van der Waals surface area contributed by atoms with Gasteiger partial charge in [-0.25, -0.2) is 9.97 Å². The van der Waals surface area contributed by atoms with Crippen LogP contribution in [-0.4, -0.2) is 15.9 Å². The molecule has 1 aliphatic carbocycles. The summed E-state index contributed by atoms with van der Waals surface area (Å²) in [6.07, 6.45) is 4.77. The molecule has 0 radical (unpaired) electrons. The monoisotopic (exact) mass is 344 g/mol. The number of hydrogen-bond acceptors (Lipinski definition) is 4. The van der Waals surface area contributed by atoms with Gasteiger partial charge in [-0.2, -0.15) is 0 Å². The lowest BCUT2D eigenvalue weighted by atomic mass is 9.87. The number of benzene rings is 2. The van der Waals surface area contributed by atoms with E-state index < -0.39 is 0 Å². The molecule has 0 saturated heterocycles. The second kappa shape index (κ2) is 6.96. The zero-order valence-electron chi connectivity index (χ0n) is 14.4. The first-order valence-electron chi connectivity index (χ1n) is 8.78. The molecule has 0 unspecified atom stereocenters. The predicted octanol–water partition coefficient (Wildman–Crippen LogP) is 3.53. The van der Waals surface area contributed by atoms with Gasteiger partial charge >= 0.3 is 0 Å². The highest BCUT2D eigenvalue weighted by Gasteiger charge is 2.21. The molecular weight excluding hydrogens is 324 g/mol. The standard InChI is InChI=1S/C21H20N4O/c22-21-23-13-12-18(25-21)15-8-10-16(11-9-15)20(26)24-19-7-3-5-14-4-1-2-6-17(14)19/h1-2,4,6,8-13,19H,3,5,7H2,(H,24,26)(H2,22,23,25)/t19-/m1/s1. The molecule has 4 rings (SSSR count). The van der Waals surface area contributed by atoms with Crippen LogP contribution in [0, 0.1) is 0 Å². The van der Waals surface area contributed by atoms with Gasteiger partial charge < -0.3 is 11.1 Å². The Kier molecular flexibility index (Phi) is 4.35.